The second kappa shape index (κ2) is 5.67. The van der Waals surface area contributed by atoms with E-state index in [0.717, 1.165) is 45.2 Å². The van der Waals surface area contributed by atoms with E-state index in [0.29, 0.717) is 5.92 Å². The molecule has 0 unspecified atom stereocenters. The highest BCUT2D eigenvalue weighted by Crippen LogP contribution is 2.31. The minimum atomic E-state index is -0.526. The van der Waals surface area contributed by atoms with Gasteiger partial charge >= 0.3 is 0 Å². The highest BCUT2D eigenvalue weighted by atomic mass is 16.2. The summed E-state index contributed by atoms with van der Waals surface area (Å²) in [4.78, 5) is 14.2. The molecule has 3 heteroatoms. The SMILES string of the molecule is CCC(CC)CN(CC)C(=O)C1(N)CCC1. The summed E-state index contributed by atoms with van der Waals surface area (Å²) < 4.78 is 0. The number of rotatable bonds is 6. The van der Waals surface area contributed by atoms with Crippen LogP contribution in [-0.4, -0.2) is 29.4 Å². The maximum absolute atomic E-state index is 12.2. The van der Waals surface area contributed by atoms with Crippen LogP contribution in [0.2, 0.25) is 0 Å². The average molecular weight is 226 g/mol. The molecule has 0 aromatic rings. The molecule has 0 aromatic heterocycles. The van der Waals surface area contributed by atoms with Gasteiger partial charge in [-0.05, 0) is 32.1 Å². The van der Waals surface area contributed by atoms with Crippen LogP contribution in [0.1, 0.15) is 52.9 Å². The first-order valence-electron chi connectivity index (χ1n) is 6.65. The van der Waals surface area contributed by atoms with E-state index < -0.39 is 5.54 Å². The van der Waals surface area contributed by atoms with Gasteiger partial charge in [0, 0.05) is 13.1 Å². The summed E-state index contributed by atoms with van der Waals surface area (Å²) in [6.07, 6.45) is 5.11. The van der Waals surface area contributed by atoms with Crippen molar-refractivity contribution in [2.45, 2.75) is 58.4 Å². The Morgan fingerprint density at radius 1 is 1.31 bits per heavy atom. The number of carbonyl (C=O) groups is 1. The molecular weight excluding hydrogens is 200 g/mol. The number of carbonyl (C=O) groups excluding carboxylic acids is 1. The fourth-order valence-corrected chi connectivity index (χ4v) is 2.30. The van der Waals surface area contributed by atoms with Gasteiger partial charge in [0.2, 0.25) is 5.91 Å². The Hall–Kier alpha value is -0.570. The van der Waals surface area contributed by atoms with Crippen molar-refractivity contribution < 1.29 is 4.79 Å². The van der Waals surface area contributed by atoms with E-state index in [1.165, 1.54) is 0 Å². The molecule has 2 N–H and O–H groups in total. The third-order valence-corrected chi connectivity index (χ3v) is 3.97. The van der Waals surface area contributed by atoms with E-state index in [1.807, 2.05) is 11.8 Å². The minimum absolute atomic E-state index is 0.174. The Labute approximate surface area is 99.4 Å². The van der Waals surface area contributed by atoms with Gasteiger partial charge in [-0.1, -0.05) is 26.7 Å². The average Bonchev–Trinajstić information content (AvgIpc) is 2.27. The molecule has 0 bridgehead atoms. The summed E-state index contributed by atoms with van der Waals surface area (Å²) in [7, 11) is 0. The zero-order chi connectivity index (χ0) is 12.2. The van der Waals surface area contributed by atoms with Gasteiger partial charge in [-0.15, -0.1) is 0 Å². The van der Waals surface area contributed by atoms with Gasteiger partial charge in [-0.2, -0.15) is 0 Å². The van der Waals surface area contributed by atoms with E-state index in [9.17, 15) is 4.79 Å². The van der Waals surface area contributed by atoms with Crippen LogP contribution in [0, 0.1) is 5.92 Å². The molecular formula is C13H26N2O. The molecule has 0 aromatic carbocycles. The third-order valence-electron chi connectivity index (χ3n) is 3.97. The fraction of sp³-hybridized carbons (Fsp3) is 0.923. The Balaban J connectivity index is 2.56. The van der Waals surface area contributed by atoms with Crippen molar-refractivity contribution in [1.29, 1.82) is 0 Å². The molecule has 94 valence electrons. The van der Waals surface area contributed by atoms with Crippen LogP contribution in [0.5, 0.6) is 0 Å². The molecule has 0 heterocycles. The Kier molecular flexibility index (Phi) is 4.78. The lowest BCUT2D eigenvalue weighted by Crippen LogP contribution is -2.60. The van der Waals surface area contributed by atoms with Crippen LogP contribution in [0.25, 0.3) is 0 Å². The molecule has 0 radical (unpaired) electrons. The van der Waals surface area contributed by atoms with Gasteiger partial charge in [0.25, 0.3) is 0 Å². The quantitative estimate of drug-likeness (QED) is 0.754. The molecule has 0 spiro atoms. The summed E-state index contributed by atoms with van der Waals surface area (Å²) in [5.41, 5.74) is 5.56. The smallest absolute Gasteiger partial charge is 0.242 e. The topological polar surface area (TPSA) is 46.3 Å². The molecule has 16 heavy (non-hydrogen) atoms. The first-order chi connectivity index (χ1) is 7.57. The van der Waals surface area contributed by atoms with Crippen molar-refractivity contribution in [1.82, 2.24) is 4.90 Å². The molecule has 3 nitrogen and oxygen atoms in total. The zero-order valence-corrected chi connectivity index (χ0v) is 11.0. The zero-order valence-electron chi connectivity index (χ0n) is 11.0. The van der Waals surface area contributed by atoms with Crippen molar-refractivity contribution in [3.63, 3.8) is 0 Å². The number of amides is 1. The largest absolute Gasteiger partial charge is 0.341 e. The summed E-state index contributed by atoms with van der Waals surface area (Å²) in [5, 5.41) is 0. The lowest BCUT2D eigenvalue weighted by Gasteiger charge is -2.41. The molecule has 1 saturated carbocycles. The molecule has 0 aliphatic heterocycles. The van der Waals surface area contributed by atoms with Gasteiger partial charge in [-0.3, -0.25) is 4.79 Å². The molecule has 0 saturated heterocycles. The third kappa shape index (κ3) is 2.76. The van der Waals surface area contributed by atoms with Crippen molar-refractivity contribution in [2.75, 3.05) is 13.1 Å². The van der Waals surface area contributed by atoms with Crippen LogP contribution in [0.3, 0.4) is 0 Å². The van der Waals surface area contributed by atoms with Crippen molar-refractivity contribution >= 4 is 5.91 Å². The molecule has 1 rings (SSSR count). The Morgan fingerprint density at radius 2 is 1.88 bits per heavy atom. The second-order valence-electron chi connectivity index (χ2n) is 5.04. The van der Waals surface area contributed by atoms with Crippen LogP contribution >= 0.6 is 0 Å². The molecule has 1 aliphatic rings. The van der Waals surface area contributed by atoms with E-state index in [1.54, 1.807) is 0 Å². The number of likely N-dealkylation sites (N-methyl/N-ethyl adjacent to an activating group) is 1. The summed E-state index contributed by atoms with van der Waals surface area (Å²) in [6.45, 7) is 8.08. The molecule has 1 aliphatic carbocycles. The summed E-state index contributed by atoms with van der Waals surface area (Å²) >= 11 is 0. The maximum Gasteiger partial charge on any atom is 0.242 e. The lowest BCUT2D eigenvalue weighted by molar-refractivity contribution is -0.140. The van der Waals surface area contributed by atoms with Crippen molar-refractivity contribution in [3.05, 3.63) is 0 Å². The molecule has 1 amide bonds. The lowest BCUT2D eigenvalue weighted by atomic mass is 9.76. The number of nitrogens with two attached hydrogens (primary N) is 1. The fourth-order valence-electron chi connectivity index (χ4n) is 2.30. The predicted octanol–water partition coefficient (Wildman–Crippen LogP) is 2.15. The van der Waals surface area contributed by atoms with Crippen LogP contribution in [-0.2, 0) is 4.79 Å². The van der Waals surface area contributed by atoms with E-state index in [-0.39, 0.29) is 5.91 Å². The monoisotopic (exact) mass is 226 g/mol. The minimum Gasteiger partial charge on any atom is -0.341 e. The Morgan fingerprint density at radius 3 is 2.19 bits per heavy atom. The molecule has 0 atom stereocenters. The standard InChI is InChI=1S/C13H26N2O/c1-4-11(5-2)10-15(6-3)12(16)13(14)8-7-9-13/h11H,4-10,14H2,1-3H3. The van der Waals surface area contributed by atoms with Crippen LogP contribution in [0.4, 0.5) is 0 Å². The van der Waals surface area contributed by atoms with Gasteiger partial charge in [0.15, 0.2) is 0 Å². The van der Waals surface area contributed by atoms with E-state index >= 15 is 0 Å². The highest BCUT2D eigenvalue weighted by molar-refractivity contribution is 5.87. The van der Waals surface area contributed by atoms with Gasteiger partial charge < -0.3 is 10.6 Å². The summed E-state index contributed by atoms with van der Waals surface area (Å²) in [6, 6.07) is 0. The summed E-state index contributed by atoms with van der Waals surface area (Å²) in [5.74, 6) is 0.792. The highest BCUT2D eigenvalue weighted by Gasteiger charge is 2.42. The van der Waals surface area contributed by atoms with E-state index in [2.05, 4.69) is 13.8 Å². The number of hydrogen-bond donors (Lipinski definition) is 1. The number of nitrogens with zero attached hydrogens (tertiary/aromatic N) is 1. The van der Waals surface area contributed by atoms with Crippen LogP contribution in [0.15, 0.2) is 0 Å². The van der Waals surface area contributed by atoms with Crippen LogP contribution < -0.4 is 5.73 Å². The van der Waals surface area contributed by atoms with Crippen molar-refractivity contribution in [2.24, 2.45) is 11.7 Å². The maximum atomic E-state index is 12.2. The first kappa shape index (κ1) is 13.5. The van der Waals surface area contributed by atoms with Gasteiger partial charge in [0.1, 0.15) is 0 Å². The Bertz CT molecular complexity index is 232. The normalized spacial score (nSPS) is 18.3. The number of hydrogen-bond acceptors (Lipinski definition) is 2. The van der Waals surface area contributed by atoms with E-state index in [4.69, 9.17) is 5.73 Å². The first-order valence-corrected chi connectivity index (χ1v) is 6.65. The predicted molar refractivity (Wildman–Crippen MR) is 67.1 cm³/mol. The molecule has 1 fully saturated rings. The second-order valence-corrected chi connectivity index (χ2v) is 5.04. The van der Waals surface area contributed by atoms with Gasteiger partial charge in [-0.25, -0.2) is 0 Å². The van der Waals surface area contributed by atoms with Gasteiger partial charge in [0.05, 0.1) is 5.54 Å². The van der Waals surface area contributed by atoms with Crippen molar-refractivity contribution in [3.8, 4) is 0 Å².